The van der Waals surface area contributed by atoms with Crippen molar-refractivity contribution in [3.05, 3.63) is 53.6 Å². The number of para-hydroxylation sites is 1. The summed E-state index contributed by atoms with van der Waals surface area (Å²) in [5.41, 5.74) is 1.26. The van der Waals surface area contributed by atoms with E-state index in [0.717, 1.165) is 0 Å². The van der Waals surface area contributed by atoms with E-state index in [4.69, 9.17) is 9.47 Å². The maximum atomic E-state index is 12.6. The predicted octanol–water partition coefficient (Wildman–Crippen LogP) is 3.10. The van der Waals surface area contributed by atoms with Gasteiger partial charge < -0.3 is 20.1 Å². The molecule has 2 amide bonds. The van der Waals surface area contributed by atoms with Gasteiger partial charge in [0.1, 0.15) is 0 Å². The molecule has 0 aliphatic heterocycles. The number of rotatable bonds is 7. The van der Waals surface area contributed by atoms with Crippen molar-refractivity contribution in [2.75, 3.05) is 25.6 Å². The van der Waals surface area contributed by atoms with Gasteiger partial charge in [-0.1, -0.05) is 12.1 Å². The summed E-state index contributed by atoms with van der Waals surface area (Å²) in [7, 11) is 1.54. The molecule has 6 heteroatoms. The summed E-state index contributed by atoms with van der Waals surface area (Å²) in [6.07, 6.45) is 0. The van der Waals surface area contributed by atoms with Crippen molar-refractivity contribution in [2.45, 2.75) is 13.8 Å². The monoisotopic (exact) mass is 342 g/mol. The SMILES string of the molecule is CCOc1ccc(C(=O)Nc2ccccc2C(=O)NC)cc1OCC. The van der Waals surface area contributed by atoms with Crippen molar-refractivity contribution in [3.8, 4) is 11.5 Å². The Morgan fingerprint density at radius 1 is 0.920 bits per heavy atom. The minimum absolute atomic E-state index is 0.266. The van der Waals surface area contributed by atoms with Gasteiger partial charge in [0.25, 0.3) is 11.8 Å². The van der Waals surface area contributed by atoms with Gasteiger partial charge in [-0.05, 0) is 44.2 Å². The molecular weight excluding hydrogens is 320 g/mol. The van der Waals surface area contributed by atoms with Crippen molar-refractivity contribution in [1.29, 1.82) is 0 Å². The molecule has 0 aromatic heterocycles. The van der Waals surface area contributed by atoms with Gasteiger partial charge in [0.15, 0.2) is 11.5 Å². The summed E-state index contributed by atoms with van der Waals surface area (Å²) in [4.78, 5) is 24.5. The topological polar surface area (TPSA) is 76.7 Å². The van der Waals surface area contributed by atoms with Gasteiger partial charge in [-0.2, -0.15) is 0 Å². The van der Waals surface area contributed by atoms with Crippen molar-refractivity contribution in [3.63, 3.8) is 0 Å². The van der Waals surface area contributed by atoms with Crippen LogP contribution in [0.1, 0.15) is 34.6 Å². The predicted molar refractivity (Wildman–Crippen MR) is 96.6 cm³/mol. The second-order valence-corrected chi connectivity index (χ2v) is 5.11. The summed E-state index contributed by atoms with van der Waals surface area (Å²) in [6.45, 7) is 4.71. The fourth-order valence-corrected chi connectivity index (χ4v) is 2.31. The Bertz CT molecular complexity index is 759. The highest BCUT2D eigenvalue weighted by atomic mass is 16.5. The van der Waals surface area contributed by atoms with Crippen LogP contribution in [-0.4, -0.2) is 32.1 Å². The molecular formula is C19H22N2O4. The largest absolute Gasteiger partial charge is 0.490 e. The van der Waals surface area contributed by atoms with E-state index in [-0.39, 0.29) is 11.8 Å². The molecule has 2 rings (SSSR count). The molecule has 0 aliphatic carbocycles. The van der Waals surface area contributed by atoms with Crippen molar-refractivity contribution < 1.29 is 19.1 Å². The van der Waals surface area contributed by atoms with Crippen LogP contribution < -0.4 is 20.1 Å². The van der Waals surface area contributed by atoms with Crippen LogP contribution >= 0.6 is 0 Å². The smallest absolute Gasteiger partial charge is 0.255 e. The lowest BCUT2D eigenvalue weighted by Gasteiger charge is -2.13. The lowest BCUT2D eigenvalue weighted by molar-refractivity contribution is 0.0964. The summed E-state index contributed by atoms with van der Waals surface area (Å²) < 4.78 is 11.0. The fraction of sp³-hybridized carbons (Fsp3) is 0.263. The van der Waals surface area contributed by atoms with E-state index in [0.29, 0.717) is 41.5 Å². The Hall–Kier alpha value is -3.02. The van der Waals surface area contributed by atoms with E-state index >= 15 is 0 Å². The summed E-state index contributed by atoms with van der Waals surface area (Å²) >= 11 is 0. The number of amides is 2. The first-order chi connectivity index (χ1) is 12.1. The van der Waals surface area contributed by atoms with Crippen LogP contribution in [-0.2, 0) is 0 Å². The number of hydrogen-bond acceptors (Lipinski definition) is 4. The molecule has 2 N–H and O–H groups in total. The van der Waals surface area contributed by atoms with Gasteiger partial charge in [-0.15, -0.1) is 0 Å². The zero-order chi connectivity index (χ0) is 18.2. The van der Waals surface area contributed by atoms with E-state index in [9.17, 15) is 9.59 Å². The van der Waals surface area contributed by atoms with Crippen LogP contribution in [0.4, 0.5) is 5.69 Å². The normalized spacial score (nSPS) is 10.0. The maximum absolute atomic E-state index is 12.6. The molecule has 6 nitrogen and oxygen atoms in total. The maximum Gasteiger partial charge on any atom is 0.255 e. The van der Waals surface area contributed by atoms with Crippen molar-refractivity contribution in [2.24, 2.45) is 0 Å². The molecule has 0 saturated carbocycles. The van der Waals surface area contributed by atoms with Gasteiger partial charge >= 0.3 is 0 Å². The molecule has 0 heterocycles. The second-order valence-electron chi connectivity index (χ2n) is 5.11. The molecule has 2 aromatic carbocycles. The molecule has 132 valence electrons. The van der Waals surface area contributed by atoms with Crippen LogP contribution in [0.2, 0.25) is 0 Å². The van der Waals surface area contributed by atoms with Gasteiger partial charge in [0.2, 0.25) is 0 Å². The highest BCUT2D eigenvalue weighted by Crippen LogP contribution is 2.29. The van der Waals surface area contributed by atoms with E-state index < -0.39 is 0 Å². The first kappa shape index (κ1) is 18.3. The number of carbonyl (C=O) groups excluding carboxylic acids is 2. The van der Waals surface area contributed by atoms with Gasteiger partial charge in [-0.3, -0.25) is 9.59 Å². The Morgan fingerprint density at radius 2 is 1.60 bits per heavy atom. The average Bonchev–Trinajstić information content (AvgIpc) is 2.63. The Balaban J connectivity index is 2.27. The zero-order valence-electron chi connectivity index (χ0n) is 14.6. The van der Waals surface area contributed by atoms with E-state index in [1.165, 1.54) is 0 Å². The third kappa shape index (κ3) is 4.50. The molecule has 0 radical (unpaired) electrons. The number of carbonyl (C=O) groups is 2. The third-order valence-corrected chi connectivity index (χ3v) is 3.45. The lowest BCUT2D eigenvalue weighted by Crippen LogP contribution is -2.21. The molecule has 0 aliphatic rings. The standard InChI is InChI=1S/C19H22N2O4/c1-4-24-16-11-10-13(12-17(16)25-5-2)18(22)21-15-9-7-6-8-14(15)19(23)20-3/h6-12H,4-5H2,1-3H3,(H,20,23)(H,21,22). The van der Waals surface area contributed by atoms with E-state index in [1.54, 1.807) is 49.5 Å². The molecule has 2 aromatic rings. The van der Waals surface area contributed by atoms with Crippen LogP contribution in [0.3, 0.4) is 0 Å². The number of hydrogen-bond donors (Lipinski definition) is 2. The lowest BCUT2D eigenvalue weighted by atomic mass is 10.1. The highest BCUT2D eigenvalue weighted by Gasteiger charge is 2.15. The quantitative estimate of drug-likeness (QED) is 0.811. The minimum atomic E-state index is -0.333. The first-order valence-corrected chi connectivity index (χ1v) is 8.12. The molecule has 0 saturated heterocycles. The van der Waals surface area contributed by atoms with E-state index in [2.05, 4.69) is 10.6 Å². The van der Waals surface area contributed by atoms with Crippen molar-refractivity contribution >= 4 is 17.5 Å². The summed E-state index contributed by atoms with van der Waals surface area (Å²) in [6, 6.07) is 11.8. The Morgan fingerprint density at radius 3 is 2.28 bits per heavy atom. The van der Waals surface area contributed by atoms with Gasteiger partial charge in [0, 0.05) is 12.6 Å². The van der Waals surface area contributed by atoms with Gasteiger partial charge in [-0.25, -0.2) is 0 Å². The molecule has 0 fully saturated rings. The van der Waals surface area contributed by atoms with Gasteiger partial charge in [0.05, 0.1) is 24.5 Å². The van der Waals surface area contributed by atoms with Crippen LogP contribution in [0.5, 0.6) is 11.5 Å². The van der Waals surface area contributed by atoms with Crippen LogP contribution in [0.25, 0.3) is 0 Å². The Labute approximate surface area is 147 Å². The minimum Gasteiger partial charge on any atom is -0.490 e. The first-order valence-electron chi connectivity index (χ1n) is 8.12. The molecule has 0 bridgehead atoms. The molecule has 0 unspecified atom stereocenters. The summed E-state index contributed by atoms with van der Waals surface area (Å²) in [5, 5.41) is 5.32. The third-order valence-electron chi connectivity index (χ3n) is 3.45. The molecule has 0 spiro atoms. The Kier molecular flexibility index (Phi) is 6.39. The highest BCUT2D eigenvalue weighted by molar-refractivity contribution is 6.09. The van der Waals surface area contributed by atoms with Crippen LogP contribution in [0, 0.1) is 0 Å². The zero-order valence-corrected chi connectivity index (χ0v) is 14.6. The number of anilines is 1. The number of benzene rings is 2. The second kappa shape index (κ2) is 8.73. The molecule has 0 atom stereocenters. The number of nitrogens with one attached hydrogen (secondary N) is 2. The fourth-order valence-electron chi connectivity index (χ4n) is 2.31. The number of ether oxygens (including phenoxy) is 2. The molecule has 25 heavy (non-hydrogen) atoms. The summed E-state index contributed by atoms with van der Waals surface area (Å²) in [5.74, 6) is 0.501. The van der Waals surface area contributed by atoms with Crippen LogP contribution in [0.15, 0.2) is 42.5 Å². The average molecular weight is 342 g/mol. The van der Waals surface area contributed by atoms with Crippen molar-refractivity contribution in [1.82, 2.24) is 5.32 Å². The van der Waals surface area contributed by atoms with E-state index in [1.807, 2.05) is 13.8 Å².